The van der Waals surface area contributed by atoms with Crippen molar-refractivity contribution in [2.75, 3.05) is 6.54 Å². The van der Waals surface area contributed by atoms with Gasteiger partial charge in [0.15, 0.2) is 0 Å². The van der Waals surface area contributed by atoms with Crippen molar-refractivity contribution in [3.8, 4) is 0 Å². The lowest BCUT2D eigenvalue weighted by Gasteiger charge is -2.23. The van der Waals surface area contributed by atoms with Gasteiger partial charge in [-0.1, -0.05) is 17.3 Å². The Hall–Kier alpha value is -2.87. The molecule has 0 amide bonds. The molecule has 3 N–H and O–H groups in total. The topological polar surface area (TPSA) is 117 Å². The fourth-order valence-electron chi connectivity index (χ4n) is 5.09. The first-order valence-corrected chi connectivity index (χ1v) is 11.3. The monoisotopic (exact) mass is 439 g/mol. The highest BCUT2D eigenvalue weighted by molar-refractivity contribution is 5.88. The molecule has 4 aliphatic rings. The van der Waals surface area contributed by atoms with Crippen molar-refractivity contribution in [2.24, 2.45) is 10.9 Å². The predicted octanol–water partition coefficient (Wildman–Crippen LogP) is 3.35. The molecule has 1 aromatic heterocycles. The molecule has 0 saturated heterocycles. The fraction of sp³-hybridized carbons (Fsp3) is 0.542. The number of nitrogens with one attached hydrogen (secondary N) is 1. The highest BCUT2D eigenvalue weighted by Crippen LogP contribution is 2.42. The number of allylic oxidation sites excluding steroid dienone is 5. The molecule has 8 nitrogen and oxygen atoms in total. The average Bonchev–Trinajstić information content (AvgIpc) is 3.44. The Labute approximate surface area is 186 Å². The summed E-state index contributed by atoms with van der Waals surface area (Å²) >= 11 is 0. The minimum Gasteiger partial charge on any atom is -0.478 e. The molecule has 0 aromatic carbocycles. The number of rotatable bonds is 5. The molecule has 0 radical (unpaired) electrons. The Morgan fingerprint density at radius 3 is 2.81 bits per heavy atom. The number of hydrogen-bond donors (Lipinski definition) is 3. The van der Waals surface area contributed by atoms with E-state index in [9.17, 15) is 15.0 Å². The van der Waals surface area contributed by atoms with Crippen molar-refractivity contribution in [3.63, 3.8) is 0 Å². The Balaban J connectivity index is 1.41. The van der Waals surface area contributed by atoms with Gasteiger partial charge in [0, 0.05) is 18.2 Å². The van der Waals surface area contributed by atoms with E-state index in [1.165, 1.54) is 29.2 Å². The van der Waals surface area contributed by atoms with Crippen LogP contribution in [-0.4, -0.2) is 39.5 Å². The van der Waals surface area contributed by atoms with Gasteiger partial charge in [-0.15, -0.1) is 0 Å². The van der Waals surface area contributed by atoms with Gasteiger partial charge in [0.2, 0.25) is 0 Å². The van der Waals surface area contributed by atoms with Crippen LogP contribution in [0.15, 0.2) is 50.2 Å². The number of aliphatic imine (C=N–C) groups is 1. The van der Waals surface area contributed by atoms with Gasteiger partial charge in [0.1, 0.15) is 18.0 Å². The number of hydrogen-bond acceptors (Lipinski definition) is 7. The van der Waals surface area contributed by atoms with Gasteiger partial charge in [-0.05, 0) is 75.0 Å². The number of carboxylic acid groups (broad SMARTS) is 1. The summed E-state index contributed by atoms with van der Waals surface area (Å²) in [7, 11) is 0. The Morgan fingerprint density at radius 1 is 1.25 bits per heavy atom. The van der Waals surface area contributed by atoms with Crippen molar-refractivity contribution >= 4 is 12.0 Å². The van der Waals surface area contributed by atoms with E-state index in [1.807, 2.05) is 0 Å². The van der Waals surface area contributed by atoms with E-state index in [-0.39, 0.29) is 24.7 Å². The third kappa shape index (κ3) is 3.77. The minimum absolute atomic E-state index is 0.105. The van der Waals surface area contributed by atoms with Crippen LogP contribution >= 0.6 is 0 Å². The molecule has 5 rings (SSSR count). The zero-order valence-corrected chi connectivity index (χ0v) is 18.5. The molecule has 1 fully saturated rings. The van der Waals surface area contributed by atoms with Crippen molar-refractivity contribution in [1.82, 2.24) is 10.5 Å². The highest BCUT2D eigenvalue weighted by Gasteiger charge is 2.51. The van der Waals surface area contributed by atoms with E-state index in [1.54, 1.807) is 13.8 Å². The first-order chi connectivity index (χ1) is 15.2. The second kappa shape index (κ2) is 7.62. The maximum Gasteiger partial charge on any atom is 0.356 e. The number of carbonyl (C=O) groups is 1. The summed E-state index contributed by atoms with van der Waals surface area (Å²) in [5.74, 6) is -0.320. The molecular formula is C24H29N3O5. The SMILES string of the molecule is CC(C)(O)Cc1cc(C2(C(=O)O)CN=C(NC3=C4CCCC4=CC4C=C3CCC4)O2)no1. The zero-order chi connectivity index (χ0) is 22.5. The summed E-state index contributed by atoms with van der Waals surface area (Å²) in [5, 5.41) is 27.4. The largest absolute Gasteiger partial charge is 0.478 e. The van der Waals surface area contributed by atoms with Crippen LogP contribution in [0.3, 0.4) is 0 Å². The summed E-state index contributed by atoms with van der Waals surface area (Å²) in [4.78, 5) is 16.7. The second-order valence-corrected chi connectivity index (χ2v) is 9.80. The van der Waals surface area contributed by atoms with Gasteiger partial charge in [-0.2, -0.15) is 0 Å². The Morgan fingerprint density at radius 2 is 2.03 bits per heavy atom. The molecule has 8 heteroatoms. The van der Waals surface area contributed by atoms with Gasteiger partial charge in [-0.3, -0.25) is 0 Å². The molecule has 0 spiro atoms. The van der Waals surface area contributed by atoms with Crippen LogP contribution in [-0.2, 0) is 21.6 Å². The standard InChI is InChI=1S/C24H29N3O5/c1-23(2,30)12-17-11-19(27-32-17)24(21(28)29)13-25-22(31-24)26-20-16-7-3-5-14(10-16)9-15-6-4-8-18(15)20/h9-11,14,30H,3-8,12-13H2,1-2H3,(H,25,26)(H,28,29). The molecule has 2 unspecified atom stereocenters. The average molecular weight is 440 g/mol. The normalized spacial score (nSPS) is 27.2. The summed E-state index contributed by atoms with van der Waals surface area (Å²) in [6, 6.07) is 1.72. The quantitative estimate of drug-likeness (QED) is 0.644. The number of aliphatic hydroxyl groups is 1. The zero-order valence-electron chi connectivity index (χ0n) is 18.5. The highest BCUT2D eigenvalue weighted by atomic mass is 16.6. The summed E-state index contributed by atoms with van der Waals surface area (Å²) in [6.07, 6.45) is 11.4. The summed E-state index contributed by atoms with van der Waals surface area (Å²) in [6.45, 7) is 3.20. The molecule has 3 aliphatic carbocycles. The maximum atomic E-state index is 12.3. The number of carboxylic acids is 1. The van der Waals surface area contributed by atoms with E-state index >= 15 is 0 Å². The first-order valence-electron chi connectivity index (χ1n) is 11.3. The number of aromatic nitrogens is 1. The van der Waals surface area contributed by atoms with E-state index in [4.69, 9.17) is 9.26 Å². The third-order valence-corrected chi connectivity index (χ3v) is 6.57. The van der Waals surface area contributed by atoms with E-state index < -0.39 is 17.2 Å². The number of fused-ring (bicyclic) bond motifs is 2. The van der Waals surface area contributed by atoms with Crippen LogP contribution in [0.25, 0.3) is 0 Å². The number of nitrogens with zero attached hydrogens (tertiary/aromatic N) is 2. The van der Waals surface area contributed by atoms with Crippen molar-refractivity contribution in [1.29, 1.82) is 0 Å². The molecule has 1 saturated carbocycles. The fourth-order valence-corrected chi connectivity index (χ4v) is 5.09. The van der Waals surface area contributed by atoms with Gasteiger partial charge in [0.25, 0.3) is 11.6 Å². The van der Waals surface area contributed by atoms with Gasteiger partial charge in [0.05, 0.1) is 5.60 Å². The molecule has 1 aromatic rings. The third-order valence-electron chi connectivity index (χ3n) is 6.57. The molecule has 1 aliphatic heterocycles. The van der Waals surface area contributed by atoms with Crippen LogP contribution in [0.2, 0.25) is 0 Å². The van der Waals surface area contributed by atoms with Crippen LogP contribution in [0.4, 0.5) is 0 Å². The molecule has 2 bridgehead atoms. The van der Waals surface area contributed by atoms with Gasteiger partial charge in [-0.25, -0.2) is 9.79 Å². The van der Waals surface area contributed by atoms with Crippen LogP contribution in [0.1, 0.15) is 63.8 Å². The second-order valence-electron chi connectivity index (χ2n) is 9.80. The Bertz CT molecular complexity index is 1070. The lowest BCUT2D eigenvalue weighted by atomic mass is 9.89. The van der Waals surface area contributed by atoms with Crippen molar-refractivity contribution in [3.05, 3.63) is 52.1 Å². The van der Waals surface area contributed by atoms with Crippen LogP contribution in [0, 0.1) is 5.92 Å². The molecule has 2 atom stereocenters. The molecule has 32 heavy (non-hydrogen) atoms. The van der Waals surface area contributed by atoms with Gasteiger partial charge < -0.3 is 24.8 Å². The molecule has 170 valence electrons. The van der Waals surface area contributed by atoms with Crippen molar-refractivity contribution < 1.29 is 24.3 Å². The number of amidine groups is 1. The smallest absolute Gasteiger partial charge is 0.356 e. The maximum absolute atomic E-state index is 12.3. The number of ether oxygens (including phenoxy) is 1. The van der Waals surface area contributed by atoms with Crippen LogP contribution < -0.4 is 5.32 Å². The lowest BCUT2D eigenvalue weighted by Crippen LogP contribution is -2.41. The van der Waals surface area contributed by atoms with Gasteiger partial charge >= 0.3 is 5.97 Å². The van der Waals surface area contributed by atoms with Crippen molar-refractivity contribution in [2.45, 2.75) is 70.0 Å². The summed E-state index contributed by atoms with van der Waals surface area (Å²) < 4.78 is 11.2. The summed E-state index contributed by atoms with van der Waals surface area (Å²) in [5.41, 5.74) is 2.36. The lowest BCUT2D eigenvalue weighted by molar-refractivity contribution is -0.155. The van der Waals surface area contributed by atoms with Crippen LogP contribution in [0.5, 0.6) is 0 Å². The van der Waals surface area contributed by atoms with E-state index in [2.05, 4.69) is 27.6 Å². The van der Waals surface area contributed by atoms with E-state index in [0.29, 0.717) is 11.7 Å². The molecular weight excluding hydrogens is 410 g/mol. The predicted molar refractivity (Wildman–Crippen MR) is 117 cm³/mol. The number of aliphatic carboxylic acids is 1. The minimum atomic E-state index is -1.75. The molecule has 2 heterocycles. The van der Waals surface area contributed by atoms with E-state index in [0.717, 1.165) is 37.8 Å². The first kappa shape index (κ1) is 21.0. The Kier molecular flexibility index (Phi) is 5.00.